The fourth-order valence-corrected chi connectivity index (χ4v) is 6.68. The molecule has 2 saturated carbocycles. The molecule has 0 aliphatic heterocycles. The quantitative estimate of drug-likeness (QED) is 0.146. The summed E-state index contributed by atoms with van der Waals surface area (Å²) in [7, 11) is 0. The molecular weight excluding hydrogens is 496 g/mol. The van der Waals surface area contributed by atoms with Gasteiger partial charge in [-0.25, -0.2) is 0 Å². The van der Waals surface area contributed by atoms with Crippen molar-refractivity contribution >= 4 is 11.9 Å². The van der Waals surface area contributed by atoms with E-state index >= 15 is 0 Å². The Hall–Kier alpha value is -1.88. The van der Waals surface area contributed by atoms with Gasteiger partial charge in [-0.15, -0.1) is 5.06 Å². The summed E-state index contributed by atoms with van der Waals surface area (Å²) in [6, 6.07) is 11.3. The molecule has 0 spiro atoms. The lowest BCUT2D eigenvalue weighted by Gasteiger charge is -2.39. The van der Waals surface area contributed by atoms with Crippen molar-refractivity contribution in [3.8, 4) is 0 Å². The second-order valence-electron chi connectivity index (χ2n) is 13.0. The van der Waals surface area contributed by atoms with Crippen LogP contribution in [0.1, 0.15) is 148 Å². The van der Waals surface area contributed by atoms with Crippen molar-refractivity contribution in [3.05, 3.63) is 35.9 Å². The standard InChI is InChI=1S/C35H58N2O3/c1-29(2)27-31(28-35(39)40-37(32-22-14-9-15-23-32)33-24-16-10-17-25-33)36-34(38)26-18-7-5-3-4-6-11-19-30-20-12-8-13-21-30/h8,12-13,20-21,29,31-33H,3-7,9-11,14-19,22-28H2,1-2H3,(H,36,38)/t31-/m1/s1. The third-order valence-electron chi connectivity index (χ3n) is 8.82. The molecular formula is C35H58N2O3. The average molecular weight is 555 g/mol. The van der Waals surface area contributed by atoms with Crippen LogP contribution in [0.4, 0.5) is 0 Å². The smallest absolute Gasteiger partial charge is 0.327 e. The lowest BCUT2D eigenvalue weighted by atomic mass is 9.90. The molecule has 0 radical (unpaired) electrons. The molecule has 2 aliphatic rings. The summed E-state index contributed by atoms with van der Waals surface area (Å²) >= 11 is 0. The zero-order chi connectivity index (χ0) is 28.4. The number of carbonyl (C=O) groups is 2. The van der Waals surface area contributed by atoms with E-state index in [-0.39, 0.29) is 24.3 Å². The molecule has 1 N–H and O–H groups in total. The molecule has 0 bridgehead atoms. The third kappa shape index (κ3) is 13.2. The molecule has 0 heterocycles. The molecule has 1 atom stereocenters. The van der Waals surface area contributed by atoms with Crippen molar-refractivity contribution in [1.29, 1.82) is 0 Å². The van der Waals surface area contributed by atoms with Crippen molar-refractivity contribution in [2.75, 3.05) is 0 Å². The number of nitrogens with zero attached hydrogens (tertiary/aromatic N) is 1. The zero-order valence-electron chi connectivity index (χ0n) is 25.7. The molecule has 0 aromatic heterocycles. The van der Waals surface area contributed by atoms with Crippen LogP contribution < -0.4 is 5.32 Å². The predicted octanol–water partition coefficient (Wildman–Crippen LogP) is 8.70. The highest BCUT2D eigenvalue weighted by molar-refractivity contribution is 5.77. The van der Waals surface area contributed by atoms with Gasteiger partial charge in [-0.05, 0) is 62.8 Å². The summed E-state index contributed by atoms with van der Waals surface area (Å²) in [5.74, 6) is 0.319. The lowest BCUT2D eigenvalue weighted by Crippen LogP contribution is -2.47. The van der Waals surface area contributed by atoms with Gasteiger partial charge in [0.2, 0.25) is 5.91 Å². The van der Waals surface area contributed by atoms with Crippen LogP contribution in [0, 0.1) is 5.92 Å². The number of hydroxylamine groups is 2. The average Bonchev–Trinajstić information content (AvgIpc) is 2.96. The monoisotopic (exact) mass is 554 g/mol. The second kappa shape index (κ2) is 19.3. The first-order valence-electron chi connectivity index (χ1n) is 16.8. The van der Waals surface area contributed by atoms with E-state index in [0.29, 0.717) is 24.4 Å². The Labute approximate surface area is 245 Å². The predicted molar refractivity (Wildman–Crippen MR) is 165 cm³/mol. The van der Waals surface area contributed by atoms with Crippen LogP contribution in [0.25, 0.3) is 0 Å². The Morgan fingerprint density at radius 3 is 1.93 bits per heavy atom. The molecule has 1 amide bonds. The summed E-state index contributed by atoms with van der Waals surface area (Å²) in [5, 5.41) is 5.30. The van der Waals surface area contributed by atoms with Gasteiger partial charge in [0, 0.05) is 24.5 Å². The minimum atomic E-state index is -0.172. The Bertz CT molecular complexity index is 797. The highest BCUT2D eigenvalue weighted by Crippen LogP contribution is 2.30. The Kier molecular flexibility index (Phi) is 15.7. The zero-order valence-corrected chi connectivity index (χ0v) is 25.7. The van der Waals surface area contributed by atoms with Crippen LogP contribution in [-0.4, -0.2) is 35.1 Å². The van der Waals surface area contributed by atoms with Gasteiger partial charge in [0.1, 0.15) is 0 Å². The molecule has 0 unspecified atom stereocenters. The fourth-order valence-electron chi connectivity index (χ4n) is 6.68. The second-order valence-corrected chi connectivity index (χ2v) is 13.0. The highest BCUT2D eigenvalue weighted by Gasteiger charge is 2.32. The Morgan fingerprint density at radius 2 is 1.35 bits per heavy atom. The van der Waals surface area contributed by atoms with Gasteiger partial charge in [-0.3, -0.25) is 9.59 Å². The van der Waals surface area contributed by atoms with Gasteiger partial charge in [0.25, 0.3) is 0 Å². The Morgan fingerprint density at radius 1 is 0.800 bits per heavy atom. The summed E-state index contributed by atoms with van der Waals surface area (Å²) in [4.78, 5) is 32.1. The third-order valence-corrected chi connectivity index (χ3v) is 8.82. The summed E-state index contributed by atoms with van der Waals surface area (Å²) in [6.07, 6.45) is 23.1. The molecule has 3 rings (SSSR count). The van der Waals surface area contributed by atoms with E-state index in [4.69, 9.17) is 4.84 Å². The van der Waals surface area contributed by atoms with E-state index in [1.807, 2.05) is 0 Å². The van der Waals surface area contributed by atoms with Crippen LogP contribution >= 0.6 is 0 Å². The first-order chi connectivity index (χ1) is 19.5. The van der Waals surface area contributed by atoms with E-state index in [2.05, 4.69) is 54.6 Å². The maximum atomic E-state index is 13.2. The first-order valence-corrected chi connectivity index (χ1v) is 16.8. The van der Waals surface area contributed by atoms with Gasteiger partial charge in [-0.2, -0.15) is 0 Å². The number of unbranched alkanes of at least 4 members (excludes halogenated alkanes) is 6. The molecule has 2 aliphatic carbocycles. The van der Waals surface area contributed by atoms with E-state index in [1.165, 1.54) is 82.6 Å². The molecule has 40 heavy (non-hydrogen) atoms. The maximum Gasteiger partial charge on any atom is 0.327 e. The number of hydrogen-bond acceptors (Lipinski definition) is 4. The fraction of sp³-hybridized carbons (Fsp3) is 0.771. The molecule has 226 valence electrons. The normalized spacial score (nSPS) is 17.7. The summed E-state index contributed by atoms with van der Waals surface area (Å²) in [6.45, 7) is 4.31. The SMILES string of the molecule is CC(C)C[C@H](CC(=O)ON(C1CCCCC1)C1CCCCC1)NC(=O)CCCCCCCCCc1ccccc1. The summed E-state index contributed by atoms with van der Waals surface area (Å²) < 4.78 is 0. The lowest BCUT2D eigenvalue weighted by molar-refractivity contribution is -0.223. The number of amides is 1. The molecule has 5 nitrogen and oxygen atoms in total. The minimum Gasteiger partial charge on any atom is -0.367 e. The topological polar surface area (TPSA) is 58.6 Å². The molecule has 1 aromatic carbocycles. The van der Waals surface area contributed by atoms with Crippen molar-refractivity contribution in [3.63, 3.8) is 0 Å². The van der Waals surface area contributed by atoms with E-state index in [0.717, 1.165) is 44.9 Å². The van der Waals surface area contributed by atoms with Crippen LogP contribution in [0.3, 0.4) is 0 Å². The molecule has 5 heteroatoms. The van der Waals surface area contributed by atoms with Crippen molar-refractivity contribution in [1.82, 2.24) is 10.4 Å². The van der Waals surface area contributed by atoms with Crippen molar-refractivity contribution < 1.29 is 14.4 Å². The van der Waals surface area contributed by atoms with Crippen LogP contribution in [0.2, 0.25) is 0 Å². The number of nitrogens with one attached hydrogen (secondary N) is 1. The number of hydrogen-bond donors (Lipinski definition) is 1. The van der Waals surface area contributed by atoms with Crippen LogP contribution in [0.5, 0.6) is 0 Å². The molecule has 0 saturated heterocycles. The molecule has 2 fully saturated rings. The highest BCUT2D eigenvalue weighted by atomic mass is 16.7. The van der Waals surface area contributed by atoms with E-state index < -0.39 is 0 Å². The number of carbonyl (C=O) groups excluding carboxylic acids is 2. The number of aryl methyl sites for hydroxylation is 1. The van der Waals surface area contributed by atoms with E-state index in [9.17, 15) is 9.59 Å². The largest absolute Gasteiger partial charge is 0.367 e. The van der Waals surface area contributed by atoms with Gasteiger partial charge in [-0.1, -0.05) is 115 Å². The van der Waals surface area contributed by atoms with Crippen LogP contribution in [-0.2, 0) is 20.8 Å². The number of rotatable bonds is 18. The van der Waals surface area contributed by atoms with Crippen molar-refractivity contribution in [2.24, 2.45) is 5.92 Å². The van der Waals surface area contributed by atoms with E-state index in [1.54, 1.807) is 0 Å². The Balaban J connectivity index is 1.33. The van der Waals surface area contributed by atoms with Gasteiger partial charge >= 0.3 is 5.97 Å². The molecule has 1 aromatic rings. The van der Waals surface area contributed by atoms with Crippen molar-refractivity contribution in [2.45, 2.75) is 167 Å². The van der Waals surface area contributed by atoms with Gasteiger partial charge < -0.3 is 10.2 Å². The first kappa shape index (κ1) is 32.6. The van der Waals surface area contributed by atoms with Gasteiger partial charge in [0.15, 0.2) is 0 Å². The van der Waals surface area contributed by atoms with Gasteiger partial charge in [0.05, 0.1) is 6.42 Å². The minimum absolute atomic E-state index is 0.0812. The van der Waals surface area contributed by atoms with Crippen LogP contribution in [0.15, 0.2) is 30.3 Å². The summed E-state index contributed by atoms with van der Waals surface area (Å²) in [5.41, 5.74) is 1.43. The number of benzene rings is 1. The maximum absolute atomic E-state index is 13.2.